The van der Waals surface area contributed by atoms with Crippen LogP contribution in [0.2, 0.25) is 0 Å². The Bertz CT molecular complexity index is 598. The largest absolute Gasteiger partial charge is 0.495 e. The zero-order valence-electron chi connectivity index (χ0n) is 12.4. The molecule has 106 valence electrons. The second kappa shape index (κ2) is 6.32. The molecule has 20 heavy (non-hydrogen) atoms. The Hall–Kier alpha value is -2.17. The van der Waals surface area contributed by atoms with Crippen LogP contribution in [0.4, 0.5) is 5.82 Å². The zero-order chi connectivity index (χ0) is 14.5. The summed E-state index contributed by atoms with van der Waals surface area (Å²) in [5, 5.41) is 3.29. The third kappa shape index (κ3) is 2.87. The van der Waals surface area contributed by atoms with Gasteiger partial charge in [0.2, 0.25) is 0 Å². The summed E-state index contributed by atoms with van der Waals surface area (Å²) in [4.78, 5) is 13.4. The van der Waals surface area contributed by atoms with E-state index in [1.54, 1.807) is 19.5 Å². The highest BCUT2D eigenvalue weighted by Gasteiger charge is 2.12. The number of nitrogens with one attached hydrogen (secondary N) is 1. The van der Waals surface area contributed by atoms with Crippen molar-refractivity contribution in [1.82, 2.24) is 15.0 Å². The van der Waals surface area contributed by atoms with E-state index >= 15 is 0 Å². The maximum absolute atomic E-state index is 5.23. The van der Waals surface area contributed by atoms with E-state index in [2.05, 4.69) is 27.2 Å². The van der Waals surface area contributed by atoms with Crippen molar-refractivity contribution >= 4 is 5.82 Å². The first-order valence-electron chi connectivity index (χ1n) is 6.80. The Morgan fingerprint density at radius 2 is 2.00 bits per heavy atom. The second-order valence-corrected chi connectivity index (χ2v) is 4.46. The number of hydrogen-bond acceptors (Lipinski definition) is 5. The van der Waals surface area contributed by atoms with Crippen molar-refractivity contribution in [2.45, 2.75) is 27.2 Å². The molecule has 0 fully saturated rings. The van der Waals surface area contributed by atoms with Crippen LogP contribution in [0.15, 0.2) is 18.5 Å². The third-order valence-corrected chi connectivity index (χ3v) is 3.07. The fourth-order valence-corrected chi connectivity index (χ4v) is 2.00. The number of ether oxygens (including phenoxy) is 1. The van der Waals surface area contributed by atoms with Gasteiger partial charge in [-0.1, -0.05) is 6.92 Å². The number of nitrogens with zero attached hydrogens (tertiary/aromatic N) is 3. The van der Waals surface area contributed by atoms with Gasteiger partial charge in [-0.15, -0.1) is 0 Å². The van der Waals surface area contributed by atoms with E-state index in [4.69, 9.17) is 4.74 Å². The second-order valence-electron chi connectivity index (χ2n) is 4.46. The van der Waals surface area contributed by atoms with Crippen LogP contribution in [0.3, 0.4) is 0 Å². The Labute approximate surface area is 119 Å². The molecule has 0 amide bonds. The predicted octanol–water partition coefficient (Wildman–Crippen LogP) is 2.85. The smallest absolute Gasteiger partial charge is 0.137 e. The molecule has 0 atom stereocenters. The summed E-state index contributed by atoms with van der Waals surface area (Å²) in [6.07, 6.45) is 4.28. The third-order valence-electron chi connectivity index (χ3n) is 3.07. The van der Waals surface area contributed by atoms with E-state index in [0.29, 0.717) is 0 Å². The molecule has 0 unspecified atom stereocenters. The lowest BCUT2D eigenvalue weighted by atomic mass is 10.1. The van der Waals surface area contributed by atoms with Gasteiger partial charge in [-0.2, -0.15) is 0 Å². The Balaban J connectivity index is 2.56. The van der Waals surface area contributed by atoms with E-state index in [1.807, 2.05) is 19.9 Å². The van der Waals surface area contributed by atoms with Crippen molar-refractivity contribution in [3.8, 4) is 17.0 Å². The molecule has 2 rings (SSSR count). The molecule has 0 spiro atoms. The van der Waals surface area contributed by atoms with Crippen molar-refractivity contribution in [2.75, 3.05) is 19.0 Å². The van der Waals surface area contributed by atoms with Crippen molar-refractivity contribution in [3.05, 3.63) is 29.8 Å². The highest BCUT2D eigenvalue weighted by molar-refractivity contribution is 5.68. The molecule has 0 aliphatic rings. The Kier molecular flexibility index (Phi) is 4.50. The Morgan fingerprint density at radius 1 is 1.20 bits per heavy atom. The van der Waals surface area contributed by atoms with Crippen LogP contribution < -0.4 is 10.1 Å². The van der Waals surface area contributed by atoms with E-state index in [1.165, 1.54) is 0 Å². The number of aryl methyl sites for hydroxylation is 1. The molecule has 5 nitrogen and oxygen atoms in total. The summed E-state index contributed by atoms with van der Waals surface area (Å²) in [6.45, 7) is 6.96. The van der Waals surface area contributed by atoms with E-state index in [-0.39, 0.29) is 0 Å². The number of rotatable bonds is 5. The minimum atomic E-state index is 0.726. The summed E-state index contributed by atoms with van der Waals surface area (Å²) in [5.74, 6) is 2.44. The van der Waals surface area contributed by atoms with Gasteiger partial charge in [0, 0.05) is 30.3 Å². The predicted molar refractivity (Wildman–Crippen MR) is 80.1 cm³/mol. The molecule has 0 bridgehead atoms. The van der Waals surface area contributed by atoms with E-state index in [0.717, 1.165) is 47.2 Å². The van der Waals surface area contributed by atoms with E-state index in [9.17, 15) is 0 Å². The number of methoxy groups -OCH3 is 1. The van der Waals surface area contributed by atoms with Crippen molar-refractivity contribution in [3.63, 3.8) is 0 Å². The van der Waals surface area contributed by atoms with Crippen molar-refractivity contribution < 1.29 is 4.74 Å². The van der Waals surface area contributed by atoms with Gasteiger partial charge in [0.1, 0.15) is 17.4 Å². The van der Waals surface area contributed by atoms with Crippen LogP contribution in [0.5, 0.6) is 5.75 Å². The van der Waals surface area contributed by atoms with Gasteiger partial charge < -0.3 is 10.1 Å². The number of aromatic nitrogens is 3. The Morgan fingerprint density at radius 3 is 2.65 bits per heavy atom. The maximum Gasteiger partial charge on any atom is 0.137 e. The molecule has 2 heterocycles. The highest BCUT2D eigenvalue weighted by atomic mass is 16.5. The van der Waals surface area contributed by atoms with Crippen molar-refractivity contribution in [1.29, 1.82) is 0 Å². The molecular formula is C15H20N4O. The maximum atomic E-state index is 5.23. The molecule has 0 saturated heterocycles. The monoisotopic (exact) mass is 272 g/mol. The summed E-state index contributed by atoms with van der Waals surface area (Å²) in [5.41, 5.74) is 2.87. The molecule has 2 aromatic heterocycles. The van der Waals surface area contributed by atoms with Gasteiger partial charge >= 0.3 is 0 Å². The first-order chi connectivity index (χ1) is 9.69. The molecule has 0 radical (unpaired) electrons. The number of pyridine rings is 1. The average molecular weight is 272 g/mol. The SMILES string of the molecule is CCNc1nc(CC)nc(-c2cncc(OC)c2)c1C. The average Bonchev–Trinajstić information content (AvgIpc) is 2.49. The van der Waals surface area contributed by atoms with Crippen LogP contribution >= 0.6 is 0 Å². The molecule has 0 aromatic carbocycles. The summed E-state index contributed by atoms with van der Waals surface area (Å²) in [6, 6.07) is 1.94. The van der Waals surface area contributed by atoms with Gasteiger partial charge in [-0.3, -0.25) is 4.98 Å². The van der Waals surface area contributed by atoms with Gasteiger partial charge in [0.15, 0.2) is 0 Å². The lowest BCUT2D eigenvalue weighted by molar-refractivity contribution is 0.413. The minimum absolute atomic E-state index is 0.726. The summed E-state index contributed by atoms with van der Waals surface area (Å²) >= 11 is 0. The van der Waals surface area contributed by atoms with Crippen LogP contribution in [-0.2, 0) is 6.42 Å². The van der Waals surface area contributed by atoms with Gasteiger partial charge in [0.05, 0.1) is 19.0 Å². The topological polar surface area (TPSA) is 59.9 Å². The molecule has 2 aromatic rings. The standard InChI is InChI=1S/C15H20N4O/c1-5-13-18-14(10(3)15(19-13)17-6-2)11-7-12(20-4)9-16-8-11/h7-9H,5-6H2,1-4H3,(H,17,18,19). The van der Waals surface area contributed by atoms with Crippen LogP contribution in [-0.4, -0.2) is 28.6 Å². The van der Waals surface area contributed by atoms with Crippen LogP contribution in [0, 0.1) is 6.92 Å². The lowest BCUT2D eigenvalue weighted by Crippen LogP contribution is -2.07. The van der Waals surface area contributed by atoms with Crippen molar-refractivity contribution in [2.24, 2.45) is 0 Å². The summed E-state index contributed by atoms with van der Waals surface area (Å²) in [7, 11) is 1.63. The zero-order valence-corrected chi connectivity index (χ0v) is 12.4. The van der Waals surface area contributed by atoms with Gasteiger partial charge in [0.25, 0.3) is 0 Å². The fraction of sp³-hybridized carbons (Fsp3) is 0.400. The van der Waals surface area contributed by atoms with Crippen LogP contribution in [0.25, 0.3) is 11.3 Å². The quantitative estimate of drug-likeness (QED) is 0.907. The molecule has 0 aliphatic heterocycles. The number of hydrogen-bond donors (Lipinski definition) is 1. The number of anilines is 1. The van der Waals surface area contributed by atoms with Gasteiger partial charge in [-0.25, -0.2) is 9.97 Å². The molecule has 0 aliphatic carbocycles. The van der Waals surface area contributed by atoms with E-state index < -0.39 is 0 Å². The highest BCUT2D eigenvalue weighted by Crippen LogP contribution is 2.27. The lowest BCUT2D eigenvalue weighted by Gasteiger charge is -2.13. The molecule has 5 heteroatoms. The first kappa shape index (κ1) is 14.2. The summed E-state index contributed by atoms with van der Waals surface area (Å²) < 4.78 is 5.23. The first-order valence-corrected chi connectivity index (χ1v) is 6.80. The van der Waals surface area contributed by atoms with Crippen LogP contribution in [0.1, 0.15) is 25.2 Å². The molecular weight excluding hydrogens is 252 g/mol. The fourth-order valence-electron chi connectivity index (χ4n) is 2.00. The molecule has 1 N–H and O–H groups in total. The minimum Gasteiger partial charge on any atom is -0.495 e. The molecule has 0 saturated carbocycles. The van der Waals surface area contributed by atoms with Gasteiger partial charge in [-0.05, 0) is 19.9 Å². The normalized spacial score (nSPS) is 10.4.